The smallest absolute Gasteiger partial charge is 0.391 e. The molecule has 1 saturated carbocycles. The number of halogens is 3. The normalized spacial score (nSPS) is 34.2. The van der Waals surface area contributed by atoms with Crippen molar-refractivity contribution in [3.63, 3.8) is 0 Å². The molecule has 2 fully saturated rings. The van der Waals surface area contributed by atoms with E-state index in [1.165, 1.54) is 0 Å². The SMILES string of the molecule is O=C(O)C1(N2CCCCC2)CCCC(C(F)(F)F)C1. The van der Waals surface area contributed by atoms with Crippen molar-refractivity contribution in [2.45, 2.75) is 56.7 Å². The Morgan fingerprint density at radius 1 is 1.16 bits per heavy atom. The molecule has 2 atom stereocenters. The summed E-state index contributed by atoms with van der Waals surface area (Å²) in [5.74, 6) is -2.55. The number of rotatable bonds is 2. The van der Waals surface area contributed by atoms with Gasteiger partial charge in [-0.25, -0.2) is 0 Å². The van der Waals surface area contributed by atoms with Crippen molar-refractivity contribution >= 4 is 5.97 Å². The molecule has 1 aliphatic heterocycles. The number of carboxylic acid groups (broad SMARTS) is 1. The van der Waals surface area contributed by atoms with Crippen molar-refractivity contribution in [3.05, 3.63) is 0 Å². The van der Waals surface area contributed by atoms with Crippen LogP contribution in [0.3, 0.4) is 0 Å². The van der Waals surface area contributed by atoms with Crippen molar-refractivity contribution in [3.8, 4) is 0 Å². The molecule has 0 aromatic rings. The second-order valence-electron chi connectivity index (χ2n) is 5.72. The highest BCUT2D eigenvalue weighted by Gasteiger charge is 2.53. The number of aliphatic carboxylic acids is 1. The Bertz CT molecular complexity index is 339. The van der Waals surface area contributed by atoms with Gasteiger partial charge in [0.2, 0.25) is 0 Å². The van der Waals surface area contributed by atoms with Gasteiger partial charge in [-0.05, 0) is 45.2 Å². The molecule has 0 aromatic carbocycles. The van der Waals surface area contributed by atoms with Gasteiger partial charge in [0.1, 0.15) is 5.54 Å². The fraction of sp³-hybridized carbons (Fsp3) is 0.923. The van der Waals surface area contributed by atoms with Crippen molar-refractivity contribution < 1.29 is 23.1 Å². The third-order valence-electron chi connectivity index (χ3n) is 4.55. The van der Waals surface area contributed by atoms with Crippen LogP contribution in [0.15, 0.2) is 0 Å². The van der Waals surface area contributed by atoms with Crippen LogP contribution in [0.1, 0.15) is 44.9 Å². The van der Waals surface area contributed by atoms with Gasteiger partial charge in [0, 0.05) is 0 Å². The second kappa shape index (κ2) is 5.31. The zero-order valence-corrected chi connectivity index (χ0v) is 10.9. The molecule has 0 radical (unpaired) electrons. The Morgan fingerprint density at radius 2 is 1.79 bits per heavy atom. The average molecular weight is 279 g/mol. The number of likely N-dealkylation sites (tertiary alicyclic amines) is 1. The van der Waals surface area contributed by atoms with Gasteiger partial charge in [-0.15, -0.1) is 0 Å². The van der Waals surface area contributed by atoms with Crippen LogP contribution in [0.2, 0.25) is 0 Å². The molecular weight excluding hydrogens is 259 g/mol. The molecule has 1 aliphatic carbocycles. The molecule has 0 amide bonds. The maximum atomic E-state index is 12.9. The lowest BCUT2D eigenvalue weighted by Gasteiger charge is -2.47. The van der Waals surface area contributed by atoms with Crippen molar-refractivity contribution in [2.75, 3.05) is 13.1 Å². The van der Waals surface area contributed by atoms with Crippen LogP contribution >= 0.6 is 0 Å². The molecule has 2 aliphatic rings. The van der Waals surface area contributed by atoms with Gasteiger partial charge in [0.25, 0.3) is 0 Å². The van der Waals surface area contributed by atoms with E-state index in [2.05, 4.69) is 0 Å². The maximum Gasteiger partial charge on any atom is 0.391 e. The van der Waals surface area contributed by atoms with Crippen LogP contribution in [0.4, 0.5) is 13.2 Å². The molecule has 1 saturated heterocycles. The third-order valence-corrected chi connectivity index (χ3v) is 4.55. The van der Waals surface area contributed by atoms with Crippen LogP contribution in [-0.4, -0.2) is 40.8 Å². The van der Waals surface area contributed by atoms with E-state index >= 15 is 0 Å². The Hall–Kier alpha value is -0.780. The minimum absolute atomic E-state index is 0.0619. The first-order valence-electron chi connectivity index (χ1n) is 6.91. The summed E-state index contributed by atoms with van der Waals surface area (Å²) >= 11 is 0. The van der Waals surface area contributed by atoms with E-state index in [4.69, 9.17) is 0 Å². The molecule has 0 aromatic heterocycles. The molecule has 19 heavy (non-hydrogen) atoms. The van der Waals surface area contributed by atoms with Crippen LogP contribution in [-0.2, 0) is 4.79 Å². The van der Waals surface area contributed by atoms with Gasteiger partial charge in [-0.2, -0.15) is 13.2 Å². The number of alkyl halides is 3. The lowest BCUT2D eigenvalue weighted by atomic mass is 9.73. The Labute approximate surface area is 110 Å². The molecule has 2 rings (SSSR count). The minimum atomic E-state index is -4.28. The van der Waals surface area contributed by atoms with E-state index < -0.39 is 23.6 Å². The van der Waals surface area contributed by atoms with Crippen LogP contribution < -0.4 is 0 Å². The first-order valence-corrected chi connectivity index (χ1v) is 6.91. The zero-order chi connectivity index (χ0) is 14.1. The van der Waals surface area contributed by atoms with Crippen molar-refractivity contribution in [1.82, 2.24) is 4.90 Å². The van der Waals surface area contributed by atoms with E-state index in [9.17, 15) is 23.1 Å². The summed E-state index contributed by atoms with van der Waals surface area (Å²) in [5, 5.41) is 9.52. The second-order valence-corrected chi connectivity index (χ2v) is 5.72. The van der Waals surface area contributed by atoms with E-state index in [0.29, 0.717) is 25.9 Å². The number of carboxylic acids is 1. The molecular formula is C13H20F3NO2. The monoisotopic (exact) mass is 279 g/mol. The third kappa shape index (κ3) is 2.88. The summed E-state index contributed by atoms with van der Waals surface area (Å²) < 4.78 is 38.7. The first-order chi connectivity index (χ1) is 8.86. The van der Waals surface area contributed by atoms with Gasteiger partial charge in [0.15, 0.2) is 0 Å². The summed E-state index contributed by atoms with van der Waals surface area (Å²) in [7, 11) is 0. The highest BCUT2D eigenvalue weighted by atomic mass is 19.4. The first kappa shape index (κ1) is 14.6. The Morgan fingerprint density at radius 3 is 2.32 bits per heavy atom. The molecule has 1 heterocycles. The minimum Gasteiger partial charge on any atom is -0.480 e. The number of nitrogens with zero attached hydrogens (tertiary/aromatic N) is 1. The van der Waals surface area contributed by atoms with Gasteiger partial charge in [-0.1, -0.05) is 12.8 Å². The van der Waals surface area contributed by atoms with Gasteiger partial charge in [-0.3, -0.25) is 9.69 Å². The summed E-state index contributed by atoms with van der Waals surface area (Å²) in [6.07, 6.45) is -1.02. The lowest BCUT2D eigenvalue weighted by molar-refractivity contribution is -0.199. The standard InChI is InChI=1S/C13H20F3NO2/c14-13(15,16)10-5-4-6-12(9-10,11(18)19)17-7-2-1-3-8-17/h10H,1-9H2,(H,18,19). The predicted octanol–water partition coefficient (Wildman–Crippen LogP) is 3.05. The molecule has 110 valence electrons. The number of carbonyl (C=O) groups is 1. The molecule has 1 N–H and O–H groups in total. The summed E-state index contributed by atoms with van der Waals surface area (Å²) in [6, 6.07) is 0. The molecule has 6 heteroatoms. The van der Waals surface area contributed by atoms with E-state index in [0.717, 1.165) is 19.3 Å². The van der Waals surface area contributed by atoms with Crippen LogP contribution in [0, 0.1) is 5.92 Å². The largest absolute Gasteiger partial charge is 0.480 e. The molecule has 0 bridgehead atoms. The zero-order valence-electron chi connectivity index (χ0n) is 10.9. The molecule has 2 unspecified atom stereocenters. The summed E-state index contributed by atoms with van der Waals surface area (Å²) in [4.78, 5) is 13.4. The van der Waals surface area contributed by atoms with Crippen LogP contribution in [0.25, 0.3) is 0 Å². The maximum absolute atomic E-state index is 12.9. The fourth-order valence-corrected chi connectivity index (χ4v) is 3.47. The predicted molar refractivity (Wildman–Crippen MR) is 63.8 cm³/mol. The summed E-state index contributed by atoms with van der Waals surface area (Å²) in [6.45, 7) is 1.22. The van der Waals surface area contributed by atoms with Gasteiger partial charge < -0.3 is 5.11 Å². The van der Waals surface area contributed by atoms with Crippen LogP contribution in [0.5, 0.6) is 0 Å². The fourth-order valence-electron chi connectivity index (χ4n) is 3.47. The van der Waals surface area contributed by atoms with E-state index in [1.807, 2.05) is 0 Å². The van der Waals surface area contributed by atoms with Gasteiger partial charge >= 0.3 is 12.1 Å². The number of hydrogen-bond acceptors (Lipinski definition) is 2. The highest BCUT2D eigenvalue weighted by molar-refractivity contribution is 5.79. The topological polar surface area (TPSA) is 40.5 Å². The average Bonchev–Trinajstić information content (AvgIpc) is 2.38. The van der Waals surface area contributed by atoms with Gasteiger partial charge in [0.05, 0.1) is 5.92 Å². The molecule has 0 spiro atoms. The van der Waals surface area contributed by atoms with E-state index in [1.54, 1.807) is 4.90 Å². The highest BCUT2D eigenvalue weighted by Crippen LogP contribution is 2.45. The lowest BCUT2D eigenvalue weighted by Crippen LogP contribution is -2.59. The van der Waals surface area contributed by atoms with E-state index in [-0.39, 0.29) is 12.8 Å². The Balaban J connectivity index is 2.21. The van der Waals surface area contributed by atoms with Crippen molar-refractivity contribution in [2.24, 2.45) is 5.92 Å². The number of piperidine rings is 1. The summed E-state index contributed by atoms with van der Waals surface area (Å²) in [5.41, 5.74) is -1.29. The number of hydrogen-bond donors (Lipinski definition) is 1. The van der Waals surface area contributed by atoms with Crippen molar-refractivity contribution in [1.29, 1.82) is 0 Å². The molecule has 3 nitrogen and oxygen atoms in total. The quantitative estimate of drug-likeness (QED) is 0.844. The Kier molecular flexibility index (Phi) is 4.08.